The van der Waals surface area contributed by atoms with Gasteiger partial charge in [-0.2, -0.15) is 0 Å². The largest absolute Gasteiger partial charge is 0.497 e. The van der Waals surface area contributed by atoms with Crippen LogP contribution in [-0.2, 0) is 0 Å². The van der Waals surface area contributed by atoms with Crippen molar-refractivity contribution >= 4 is 23.0 Å². The predicted octanol–water partition coefficient (Wildman–Crippen LogP) is 4.75. The van der Waals surface area contributed by atoms with Crippen LogP contribution in [0.2, 0.25) is 0 Å². The zero-order valence-corrected chi connectivity index (χ0v) is 15.0. The van der Waals surface area contributed by atoms with E-state index in [1.807, 2.05) is 12.1 Å². The summed E-state index contributed by atoms with van der Waals surface area (Å²) >= 11 is 5.47. The lowest BCUT2D eigenvalue weighted by atomic mass is 10.0. The van der Waals surface area contributed by atoms with E-state index in [0.717, 1.165) is 17.9 Å². The van der Waals surface area contributed by atoms with Gasteiger partial charge in [-0.25, -0.2) is 0 Å². The first-order valence-electron chi connectivity index (χ1n) is 7.82. The molecule has 4 heteroatoms. The fraction of sp³-hybridized carbons (Fsp3) is 0.316. The second kappa shape index (κ2) is 7.97. The monoisotopic (exact) mass is 328 g/mol. The number of rotatable bonds is 5. The highest BCUT2D eigenvalue weighted by molar-refractivity contribution is 7.80. The van der Waals surface area contributed by atoms with Crippen molar-refractivity contribution in [2.24, 2.45) is 0 Å². The first-order valence-corrected chi connectivity index (χ1v) is 8.23. The summed E-state index contributed by atoms with van der Waals surface area (Å²) in [5.74, 6) is 0.861. The zero-order chi connectivity index (χ0) is 16.8. The van der Waals surface area contributed by atoms with Gasteiger partial charge in [-0.1, -0.05) is 36.8 Å². The molecule has 0 bridgehead atoms. The summed E-state index contributed by atoms with van der Waals surface area (Å²) in [7, 11) is 1.67. The third kappa shape index (κ3) is 4.70. The van der Waals surface area contributed by atoms with Crippen molar-refractivity contribution in [3.63, 3.8) is 0 Å². The molecule has 0 aliphatic heterocycles. The van der Waals surface area contributed by atoms with Gasteiger partial charge in [-0.05, 0) is 61.8 Å². The van der Waals surface area contributed by atoms with Gasteiger partial charge in [0.05, 0.1) is 13.2 Å². The van der Waals surface area contributed by atoms with Gasteiger partial charge in [-0.15, -0.1) is 0 Å². The molecule has 2 rings (SSSR count). The number of thiocarbonyl (C=S) groups is 1. The van der Waals surface area contributed by atoms with E-state index in [9.17, 15) is 0 Å². The molecular weight excluding hydrogens is 304 g/mol. The Labute approximate surface area is 144 Å². The smallest absolute Gasteiger partial charge is 0.171 e. The third-order valence-corrected chi connectivity index (χ3v) is 4.08. The van der Waals surface area contributed by atoms with Crippen LogP contribution in [0.15, 0.2) is 42.5 Å². The maximum Gasteiger partial charge on any atom is 0.171 e. The summed E-state index contributed by atoms with van der Waals surface area (Å²) in [5, 5.41) is 7.32. The summed E-state index contributed by atoms with van der Waals surface area (Å²) in [6.45, 7) is 6.31. The van der Waals surface area contributed by atoms with E-state index in [-0.39, 0.29) is 6.04 Å². The van der Waals surface area contributed by atoms with Gasteiger partial charge in [0.1, 0.15) is 5.75 Å². The van der Waals surface area contributed by atoms with Crippen LogP contribution in [0.25, 0.3) is 0 Å². The minimum atomic E-state index is 0.173. The Balaban J connectivity index is 2.04. The lowest BCUT2D eigenvalue weighted by molar-refractivity contribution is 0.414. The van der Waals surface area contributed by atoms with Gasteiger partial charge < -0.3 is 15.4 Å². The highest BCUT2D eigenvalue weighted by Crippen LogP contribution is 2.21. The Morgan fingerprint density at radius 3 is 2.39 bits per heavy atom. The minimum absolute atomic E-state index is 0.173. The molecule has 0 amide bonds. The van der Waals surface area contributed by atoms with Crippen LogP contribution in [-0.4, -0.2) is 12.2 Å². The first kappa shape index (κ1) is 17.3. The molecule has 3 nitrogen and oxygen atoms in total. The molecule has 0 fully saturated rings. The highest BCUT2D eigenvalue weighted by Gasteiger charge is 2.11. The van der Waals surface area contributed by atoms with Crippen LogP contribution in [0.1, 0.15) is 36.1 Å². The first-order chi connectivity index (χ1) is 11.0. The standard InChI is InChI=1S/C19H24N2OS/c1-5-17(15-7-9-16(22-4)10-8-15)20-19(23)21-18-11-6-13(2)12-14(18)3/h6-12,17H,5H2,1-4H3,(H2,20,21,23)/t17-/m1/s1. The molecule has 2 N–H and O–H groups in total. The van der Waals surface area contributed by atoms with E-state index in [2.05, 4.69) is 61.7 Å². The second-order valence-electron chi connectivity index (χ2n) is 5.65. The molecule has 1 atom stereocenters. The van der Waals surface area contributed by atoms with Crippen LogP contribution in [0.5, 0.6) is 5.75 Å². The Bertz CT molecular complexity index is 668. The molecule has 0 aliphatic carbocycles. The maximum absolute atomic E-state index is 5.47. The molecule has 23 heavy (non-hydrogen) atoms. The van der Waals surface area contributed by atoms with Crippen molar-refractivity contribution in [3.8, 4) is 5.75 Å². The zero-order valence-electron chi connectivity index (χ0n) is 14.1. The van der Waals surface area contributed by atoms with E-state index >= 15 is 0 Å². The summed E-state index contributed by atoms with van der Waals surface area (Å²) in [6.07, 6.45) is 0.945. The van der Waals surface area contributed by atoms with Gasteiger partial charge in [0.2, 0.25) is 0 Å². The molecule has 2 aromatic carbocycles. The molecule has 0 saturated carbocycles. The van der Waals surface area contributed by atoms with Gasteiger partial charge in [0.15, 0.2) is 5.11 Å². The average molecular weight is 328 g/mol. The van der Waals surface area contributed by atoms with E-state index in [1.54, 1.807) is 7.11 Å². The molecular formula is C19H24N2OS. The summed E-state index contributed by atoms with van der Waals surface area (Å²) in [6, 6.07) is 14.5. The molecule has 0 radical (unpaired) electrons. The molecule has 0 heterocycles. The predicted molar refractivity (Wildman–Crippen MR) is 101 cm³/mol. The number of hydrogen-bond acceptors (Lipinski definition) is 2. The topological polar surface area (TPSA) is 33.3 Å². The van der Waals surface area contributed by atoms with Gasteiger partial charge >= 0.3 is 0 Å². The van der Waals surface area contributed by atoms with Gasteiger partial charge in [0, 0.05) is 5.69 Å². The average Bonchev–Trinajstić information content (AvgIpc) is 2.55. The van der Waals surface area contributed by atoms with E-state index in [1.165, 1.54) is 16.7 Å². The van der Waals surface area contributed by atoms with E-state index in [4.69, 9.17) is 17.0 Å². The lowest BCUT2D eigenvalue weighted by Gasteiger charge is -2.21. The summed E-state index contributed by atoms with van der Waals surface area (Å²) in [5.41, 5.74) is 4.67. The number of aryl methyl sites for hydroxylation is 2. The van der Waals surface area contributed by atoms with Crippen molar-refractivity contribution in [3.05, 3.63) is 59.2 Å². The normalized spacial score (nSPS) is 11.7. The van der Waals surface area contributed by atoms with Crippen molar-refractivity contribution in [2.45, 2.75) is 33.2 Å². The van der Waals surface area contributed by atoms with Crippen LogP contribution in [0, 0.1) is 13.8 Å². The highest BCUT2D eigenvalue weighted by atomic mass is 32.1. The second-order valence-corrected chi connectivity index (χ2v) is 6.06. The number of methoxy groups -OCH3 is 1. The molecule has 0 spiro atoms. The van der Waals surface area contributed by atoms with E-state index < -0.39 is 0 Å². The van der Waals surface area contributed by atoms with Crippen molar-refractivity contribution in [1.82, 2.24) is 5.32 Å². The van der Waals surface area contributed by atoms with E-state index in [0.29, 0.717) is 5.11 Å². The molecule has 0 unspecified atom stereocenters. The van der Waals surface area contributed by atoms with Crippen molar-refractivity contribution in [2.75, 3.05) is 12.4 Å². The Hall–Kier alpha value is -2.07. The minimum Gasteiger partial charge on any atom is -0.497 e. The SMILES string of the molecule is CC[C@@H](NC(=S)Nc1ccc(C)cc1C)c1ccc(OC)cc1. The van der Waals surface area contributed by atoms with Crippen molar-refractivity contribution in [1.29, 1.82) is 0 Å². The maximum atomic E-state index is 5.47. The number of benzene rings is 2. The number of hydrogen-bond donors (Lipinski definition) is 2. The lowest BCUT2D eigenvalue weighted by Crippen LogP contribution is -2.32. The van der Waals surface area contributed by atoms with Crippen LogP contribution < -0.4 is 15.4 Å². The molecule has 122 valence electrons. The Kier molecular flexibility index (Phi) is 5.99. The van der Waals surface area contributed by atoms with Crippen LogP contribution >= 0.6 is 12.2 Å². The summed E-state index contributed by atoms with van der Waals surface area (Å²) in [4.78, 5) is 0. The number of nitrogens with one attached hydrogen (secondary N) is 2. The third-order valence-electron chi connectivity index (χ3n) is 3.86. The molecule has 0 aliphatic rings. The quantitative estimate of drug-likeness (QED) is 0.776. The Morgan fingerprint density at radius 1 is 1.13 bits per heavy atom. The van der Waals surface area contributed by atoms with Gasteiger partial charge in [-0.3, -0.25) is 0 Å². The summed E-state index contributed by atoms with van der Waals surface area (Å²) < 4.78 is 5.21. The fourth-order valence-corrected chi connectivity index (χ4v) is 2.78. The Morgan fingerprint density at radius 2 is 1.83 bits per heavy atom. The van der Waals surface area contributed by atoms with Crippen molar-refractivity contribution < 1.29 is 4.74 Å². The number of anilines is 1. The fourth-order valence-electron chi connectivity index (χ4n) is 2.53. The van der Waals surface area contributed by atoms with Crippen LogP contribution in [0.4, 0.5) is 5.69 Å². The van der Waals surface area contributed by atoms with Crippen LogP contribution in [0.3, 0.4) is 0 Å². The van der Waals surface area contributed by atoms with Gasteiger partial charge in [0.25, 0.3) is 0 Å². The molecule has 0 saturated heterocycles. The molecule has 0 aromatic heterocycles. The number of ether oxygens (including phenoxy) is 1. The molecule has 2 aromatic rings.